The summed E-state index contributed by atoms with van der Waals surface area (Å²) in [7, 11) is 1.62. The SMILES string of the molecule is COc1cccc(OC2=CC(=O)N(C(C)CC(C)C)C2)c1.NC(/C=C\NCCCO)=NC=O. The summed E-state index contributed by atoms with van der Waals surface area (Å²) in [6, 6.07) is 7.61. The minimum absolute atomic E-state index is 0.0287. The van der Waals surface area contributed by atoms with Gasteiger partial charge in [0.25, 0.3) is 5.91 Å². The normalized spacial score (nSPS) is 14.6. The van der Waals surface area contributed by atoms with Crippen molar-refractivity contribution in [3.63, 3.8) is 0 Å². The first-order chi connectivity index (χ1) is 15.8. The van der Waals surface area contributed by atoms with Gasteiger partial charge < -0.3 is 30.5 Å². The van der Waals surface area contributed by atoms with Crippen LogP contribution in [0.15, 0.2) is 53.4 Å². The molecule has 1 unspecified atom stereocenters. The summed E-state index contributed by atoms with van der Waals surface area (Å²) in [6.07, 6.45) is 6.69. The molecule has 9 heteroatoms. The Bertz CT molecular complexity index is 836. The van der Waals surface area contributed by atoms with Crippen LogP contribution in [0.1, 0.15) is 33.6 Å². The summed E-state index contributed by atoms with van der Waals surface area (Å²) < 4.78 is 11.0. The van der Waals surface area contributed by atoms with Crippen LogP contribution in [0, 0.1) is 5.92 Å². The number of methoxy groups -OCH3 is 1. The van der Waals surface area contributed by atoms with Crippen LogP contribution in [0.25, 0.3) is 0 Å². The Kier molecular flexibility index (Phi) is 13.0. The zero-order chi connectivity index (χ0) is 24.6. The maximum atomic E-state index is 12.1. The Morgan fingerprint density at radius 2 is 2.06 bits per heavy atom. The highest BCUT2D eigenvalue weighted by Gasteiger charge is 2.27. The van der Waals surface area contributed by atoms with Crippen molar-refractivity contribution in [2.24, 2.45) is 16.6 Å². The fourth-order valence-electron chi connectivity index (χ4n) is 3.09. The van der Waals surface area contributed by atoms with Gasteiger partial charge in [-0.2, -0.15) is 4.99 Å². The van der Waals surface area contributed by atoms with Crippen LogP contribution >= 0.6 is 0 Å². The first kappa shape index (κ1) is 27.7. The number of aliphatic hydroxyl groups excluding tert-OH is 1. The van der Waals surface area contributed by atoms with Gasteiger partial charge in [-0.3, -0.25) is 9.59 Å². The summed E-state index contributed by atoms with van der Waals surface area (Å²) in [5, 5.41) is 11.3. The fourth-order valence-corrected chi connectivity index (χ4v) is 3.09. The summed E-state index contributed by atoms with van der Waals surface area (Å²) in [4.78, 5) is 27.0. The number of hydrogen-bond donors (Lipinski definition) is 3. The van der Waals surface area contributed by atoms with E-state index in [0.29, 0.717) is 43.3 Å². The van der Waals surface area contributed by atoms with E-state index in [1.165, 1.54) is 6.08 Å². The topological polar surface area (TPSA) is 126 Å². The van der Waals surface area contributed by atoms with Crippen molar-refractivity contribution in [1.29, 1.82) is 0 Å². The minimum atomic E-state index is 0.0287. The van der Waals surface area contributed by atoms with Gasteiger partial charge in [0.15, 0.2) is 0 Å². The number of aliphatic imine (C=N–C) groups is 1. The lowest BCUT2D eigenvalue weighted by atomic mass is 10.0. The van der Waals surface area contributed by atoms with Gasteiger partial charge in [0.1, 0.15) is 23.1 Å². The van der Waals surface area contributed by atoms with Gasteiger partial charge in [-0.05, 0) is 43.9 Å². The minimum Gasteiger partial charge on any atom is -0.497 e. The molecule has 0 spiro atoms. The highest BCUT2D eigenvalue weighted by atomic mass is 16.5. The first-order valence-electron chi connectivity index (χ1n) is 10.9. The molecular formula is C24H36N4O5. The molecule has 0 saturated heterocycles. The monoisotopic (exact) mass is 460 g/mol. The van der Waals surface area contributed by atoms with Crippen molar-refractivity contribution in [2.75, 3.05) is 26.8 Å². The lowest BCUT2D eigenvalue weighted by molar-refractivity contribution is -0.126. The lowest BCUT2D eigenvalue weighted by Crippen LogP contribution is -2.36. The smallest absolute Gasteiger partial charge is 0.250 e. The Hall–Kier alpha value is -3.33. The number of hydrogen-bond acceptors (Lipinski definition) is 6. The zero-order valence-electron chi connectivity index (χ0n) is 19.9. The second-order valence-electron chi connectivity index (χ2n) is 7.86. The number of benzene rings is 1. The molecule has 0 saturated carbocycles. The van der Waals surface area contributed by atoms with E-state index in [4.69, 9.17) is 20.3 Å². The third kappa shape index (κ3) is 11.2. The second-order valence-corrected chi connectivity index (χ2v) is 7.86. The Morgan fingerprint density at radius 3 is 2.70 bits per heavy atom. The predicted octanol–water partition coefficient (Wildman–Crippen LogP) is 2.22. The molecule has 1 aliphatic rings. The number of nitrogens with one attached hydrogen (secondary N) is 1. The van der Waals surface area contributed by atoms with E-state index < -0.39 is 0 Å². The predicted molar refractivity (Wildman–Crippen MR) is 129 cm³/mol. The number of aliphatic hydroxyl groups is 1. The van der Waals surface area contributed by atoms with Crippen LogP contribution in [0.2, 0.25) is 0 Å². The summed E-state index contributed by atoms with van der Waals surface area (Å²) in [5.74, 6) is 2.86. The molecule has 1 aromatic carbocycles. The zero-order valence-corrected chi connectivity index (χ0v) is 19.9. The molecule has 182 valence electrons. The molecular weight excluding hydrogens is 424 g/mol. The number of carbonyl (C=O) groups is 2. The lowest BCUT2D eigenvalue weighted by Gasteiger charge is -2.26. The molecule has 9 nitrogen and oxygen atoms in total. The summed E-state index contributed by atoms with van der Waals surface area (Å²) >= 11 is 0. The molecule has 1 atom stereocenters. The number of ether oxygens (including phenoxy) is 2. The van der Waals surface area contributed by atoms with Crippen LogP contribution in [-0.2, 0) is 9.59 Å². The molecule has 4 N–H and O–H groups in total. The Balaban J connectivity index is 0.000000389. The highest BCUT2D eigenvalue weighted by molar-refractivity contribution is 5.95. The van der Waals surface area contributed by atoms with Gasteiger partial charge in [0, 0.05) is 37.5 Å². The maximum Gasteiger partial charge on any atom is 0.250 e. The Labute approximate surface area is 196 Å². The molecule has 0 aromatic heterocycles. The van der Waals surface area contributed by atoms with Crippen LogP contribution in [0.3, 0.4) is 0 Å². The van der Waals surface area contributed by atoms with Crippen LogP contribution in [0.4, 0.5) is 0 Å². The molecule has 1 aromatic rings. The average molecular weight is 461 g/mol. The van der Waals surface area contributed by atoms with Gasteiger partial charge >= 0.3 is 0 Å². The second kappa shape index (κ2) is 15.5. The van der Waals surface area contributed by atoms with Gasteiger partial charge in [-0.25, -0.2) is 0 Å². The van der Waals surface area contributed by atoms with E-state index in [2.05, 4.69) is 31.1 Å². The average Bonchev–Trinajstić information content (AvgIpc) is 3.14. The third-order valence-corrected chi connectivity index (χ3v) is 4.58. The molecule has 2 rings (SSSR count). The number of rotatable bonds is 12. The van der Waals surface area contributed by atoms with Crippen molar-refractivity contribution in [2.45, 2.75) is 39.7 Å². The standard InChI is InChI=1S/C17H23NO3.C7H13N3O2/c1-12(2)8-13(3)18-11-16(10-17(18)19)21-15-7-5-6-14(9-15)20-4;8-7(10-6-12)2-4-9-3-1-5-11/h5-7,9-10,12-13H,8,11H2,1-4H3;2,4,6,9,11H,1,3,5H2,(H2,8,10,12)/b;4-2-. The van der Waals surface area contributed by atoms with Gasteiger partial charge in [0.05, 0.1) is 13.7 Å². The largest absolute Gasteiger partial charge is 0.497 e. The van der Waals surface area contributed by atoms with Gasteiger partial charge in [0.2, 0.25) is 6.41 Å². The highest BCUT2D eigenvalue weighted by Crippen LogP contribution is 2.24. The molecule has 0 bridgehead atoms. The van der Waals surface area contributed by atoms with E-state index >= 15 is 0 Å². The molecule has 0 radical (unpaired) electrons. The number of nitrogens with two attached hydrogens (primary N) is 1. The van der Waals surface area contributed by atoms with Crippen LogP contribution in [0.5, 0.6) is 11.5 Å². The van der Waals surface area contributed by atoms with Crippen molar-refractivity contribution in [1.82, 2.24) is 10.2 Å². The molecule has 1 heterocycles. The van der Waals surface area contributed by atoms with Gasteiger partial charge in [-0.15, -0.1) is 0 Å². The van der Waals surface area contributed by atoms with Crippen LogP contribution < -0.4 is 20.5 Å². The molecule has 2 amide bonds. The number of carbonyl (C=O) groups excluding carboxylic acids is 2. The van der Waals surface area contributed by atoms with E-state index in [1.54, 1.807) is 19.4 Å². The molecule has 0 fully saturated rings. The molecule has 0 aliphatic carbocycles. The van der Waals surface area contributed by atoms with Crippen LogP contribution in [-0.4, -0.2) is 61.0 Å². The third-order valence-electron chi connectivity index (χ3n) is 4.58. The molecule has 33 heavy (non-hydrogen) atoms. The fraction of sp³-hybridized carbons (Fsp3) is 0.458. The van der Waals surface area contributed by atoms with Crippen molar-refractivity contribution in [3.05, 3.63) is 48.4 Å². The number of nitrogens with zero attached hydrogens (tertiary/aromatic N) is 2. The van der Waals surface area contributed by atoms with Crippen molar-refractivity contribution >= 4 is 18.2 Å². The van der Waals surface area contributed by atoms with Crippen molar-refractivity contribution in [3.8, 4) is 11.5 Å². The first-order valence-corrected chi connectivity index (χ1v) is 10.9. The van der Waals surface area contributed by atoms with E-state index in [-0.39, 0.29) is 24.4 Å². The maximum absolute atomic E-state index is 12.1. The molecule has 1 aliphatic heterocycles. The Morgan fingerprint density at radius 1 is 1.33 bits per heavy atom. The summed E-state index contributed by atoms with van der Waals surface area (Å²) in [5.41, 5.74) is 5.24. The number of amides is 2. The van der Waals surface area contributed by atoms with Gasteiger partial charge in [-0.1, -0.05) is 19.9 Å². The van der Waals surface area contributed by atoms with E-state index in [0.717, 1.165) is 12.2 Å². The number of amidine groups is 1. The van der Waals surface area contributed by atoms with Crippen molar-refractivity contribution < 1.29 is 24.2 Å². The van der Waals surface area contributed by atoms with E-state index in [1.807, 2.05) is 29.2 Å². The quantitative estimate of drug-likeness (QED) is 0.189. The summed E-state index contributed by atoms with van der Waals surface area (Å²) in [6.45, 7) is 7.76. The van der Waals surface area contributed by atoms with E-state index in [9.17, 15) is 9.59 Å².